The van der Waals surface area contributed by atoms with Crippen LogP contribution in [0.2, 0.25) is 0 Å². The normalized spacial score (nSPS) is 10.7. The Morgan fingerprint density at radius 2 is 1.77 bits per heavy atom. The molecule has 1 amide bonds. The predicted octanol–water partition coefficient (Wildman–Crippen LogP) is 5.23. The lowest BCUT2D eigenvalue weighted by Crippen LogP contribution is -2.16. The molecule has 0 radical (unpaired) electrons. The van der Waals surface area contributed by atoms with Crippen molar-refractivity contribution in [3.8, 4) is 11.5 Å². The number of benzene rings is 2. The van der Waals surface area contributed by atoms with Gasteiger partial charge in [-0.1, -0.05) is 30.3 Å². The monoisotopic (exact) mass is 400 g/mol. The first-order valence-corrected chi connectivity index (χ1v) is 9.61. The Hall–Kier alpha value is -3.93. The zero-order valence-corrected chi connectivity index (χ0v) is 16.6. The fraction of sp³-hybridized carbons (Fsp3) is 0.125. The van der Waals surface area contributed by atoms with Gasteiger partial charge in [0.15, 0.2) is 5.76 Å². The summed E-state index contributed by atoms with van der Waals surface area (Å²) in [6, 6.07) is 19.5. The Morgan fingerprint density at radius 3 is 2.53 bits per heavy atom. The van der Waals surface area contributed by atoms with E-state index in [2.05, 4.69) is 10.3 Å². The smallest absolute Gasteiger partial charge is 0.340 e. The van der Waals surface area contributed by atoms with E-state index >= 15 is 0 Å². The van der Waals surface area contributed by atoms with Crippen LogP contribution in [0, 0.1) is 6.92 Å². The lowest BCUT2D eigenvalue weighted by molar-refractivity contribution is 0.0527. The number of rotatable bonds is 5. The molecule has 0 unspecified atom stereocenters. The van der Waals surface area contributed by atoms with Crippen molar-refractivity contribution in [1.29, 1.82) is 0 Å². The molecule has 4 rings (SSSR count). The maximum absolute atomic E-state index is 13.2. The molecule has 0 saturated heterocycles. The summed E-state index contributed by atoms with van der Waals surface area (Å²) in [5.74, 6) is 0.503. The number of carbonyl (C=O) groups is 2. The van der Waals surface area contributed by atoms with Gasteiger partial charge in [0.25, 0.3) is 5.91 Å². The third-order valence-corrected chi connectivity index (χ3v) is 4.62. The van der Waals surface area contributed by atoms with E-state index in [-0.39, 0.29) is 12.5 Å². The number of pyridine rings is 1. The van der Waals surface area contributed by atoms with Gasteiger partial charge in [-0.15, -0.1) is 0 Å². The van der Waals surface area contributed by atoms with Gasteiger partial charge in [-0.25, -0.2) is 9.78 Å². The van der Waals surface area contributed by atoms with E-state index in [9.17, 15) is 9.59 Å². The molecule has 6 nitrogen and oxygen atoms in total. The number of esters is 1. The van der Waals surface area contributed by atoms with E-state index in [1.807, 2.05) is 43.3 Å². The van der Waals surface area contributed by atoms with E-state index in [1.54, 1.807) is 37.3 Å². The van der Waals surface area contributed by atoms with Crippen LogP contribution in [-0.2, 0) is 4.74 Å². The van der Waals surface area contributed by atoms with Gasteiger partial charge in [-0.05, 0) is 50.2 Å². The number of furan rings is 1. The molecule has 1 N–H and O–H groups in total. The summed E-state index contributed by atoms with van der Waals surface area (Å²) >= 11 is 0. The number of hydrogen-bond donors (Lipinski definition) is 1. The molecule has 0 atom stereocenters. The zero-order valence-electron chi connectivity index (χ0n) is 16.6. The number of aromatic nitrogens is 1. The van der Waals surface area contributed by atoms with Crippen molar-refractivity contribution >= 4 is 28.5 Å². The highest BCUT2D eigenvalue weighted by atomic mass is 16.5. The first kappa shape index (κ1) is 19.4. The number of nitrogens with zero attached hydrogens (tertiary/aromatic N) is 1. The van der Waals surface area contributed by atoms with Crippen molar-refractivity contribution in [3.05, 3.63) is 83.6 Å². The van der Waals surface area contributed by atoms with Gasteiger partial charge in [0.2, 0.25) is 0 Å². The van der Waals surface area contributed by atoms with Crippen molar-refractivity contribution in [3.63, 3.8) is 0 Å². The van der Waals surface area contributed by atoms with Gasteiger partial charge in [0.1, 0.15) is 11.5 Å². The summed E-state index contributed by atoms with van der Waals surface area (Å²) in [6.07, 6.45) is 0. The number of amides is 1. The summed E-state index contributed by atoms with van der Waals surface area (Å²) in [7, 11) is 0. The van der Waals surface area contributed by atoms with Crippen molar-refractivity contribution in [2.24, 2.45) is 0 Å². The minimum atomic E-state index is -0.486. The van der Waals surface area contributed by atoms with Crippen LogP contribution in [0.15, 0.2) is 71.1 Å². The van der Waals surface area contributed by atoms with Crippen LogP contribution in [0.4, 0.5) is 5.69 Å². The molecule has 0 aliphatic carbocycles. The molecule has 30 heavy (non-hydrogen) atoms. The highest BCUT2D eigenvalue weighted by Crippen LogP contribution is 2.27. The quantitative estimate of drug-likeness (QED) is 0.464. The number of hydrogen-bond acceptors (Lipinski definition) is 5. The van der Waals surface area contributed by atoms with Crippen LogP contribution in [0.1, 0.15) is 33.4 Å². The third kappa shape index (κ3) is 3.80. The number of nitrogens with one attached hydrogen (secondary N) is 1. The Morgan fingerprint density at radius 1 is 1.00 bits per heavy atom. The first-order valence-electron chi connectivity index (χ1n) is 9.61. The highest BCUT2D eigenvalue weighted by molar-refractivity contribution is 6.14. The number of anilines is 1. The zero-order chi connectivity index (χ0) is 21.1. The Kier molecular flexibility index (Phi) is 5.30. The molecule has 0 spiro atoms. The average Bonchev–Trinajstić information content (AvgIpc) is 3.19. The van der Waals surface area contributed by atoms with Crippen molar-refractivity contribution in [2.45, 2.75) is 13.8 Å². The predicted molar refractivity (Wildman–Crippen MR) is 115 cm³/mol. The van der Waals surface area contributed by atoms with Crippen LogP contribution in [0.5, 0.6) is 0 Å². The molecular formula is C24H20N2O4. The molecule has 2 aromatic carbocycles. The summed E-state index contributed by atoms with van der Waals surface area (Å²) in [5, 5.41) is 3.55. The lowest BCUT2D eigenvalue weighted by atomic mass is 10.1. The van der Waals surface area contributed by atoms with Gasteiger partial charge in [-0.3, -0.25) is 4.79 Å². The van der Waals surface area contributed by atoms with Crippen LogP contribution in [-0.4, -0.2) is 23.5 Å². The number of carbonyl (C=O) groups excluding carboxylic acids is 2. The standard InChI is InChI=1S/C24H20N2O4/c1-3-29-24(28)17-9-5-7-11-20(17)26-23(27)18-14-21(22-13-12-15(2)30-22)25-19-10-6-4-8-16(18)19/h4-14H,3H2,1-2H3,(H,26,27). The minimum absolute atomic E-state index is 0.252. The molecule has 0 fully saturated rings. The largest absolute Gasteiger partial charge is 0.462 e. The van der Waals surface area contributed by atoms with E-state index in [1.165, 1.54) is 0 Å². The second kappa shape index (κ2) is 8.21. The van der Waals surface area contributed by atoms with Crippen molar-refractivity contribution < 1.29 is 18.7 Å². The summed E-state index contributed by atoms with van der Waals surface area (Å²) < 4.78 is 10.8. The van der Waals surface area contributed by atoms with E-state index < -0.39 is 5.97 Å². The first-order chi connectivity index (χ1) is 14.6. The Bertz CT molecular complexity index is 1240. The molecule has 0 aliphatic heterocycles. The van der Waals surface area contributed by atoms with Crippen molar-refractivity contribution in [1.82, 2.24) is 4.98 Å². The van der Waals surface area contributed by atoms with Crippen molar-refractivity contribution in [2.75, 3.05) is 11.9 Å². The summed E-state index contributed by atoms with van der Waals surface area (Å²) in [4.78, 5) is 30.1. The lowest BCUT2D eigenvalue weighted by Gasteiger charge is -2.12. The van der Waals surface area contributed by atoms with E-state index in [0.717, 1.165) is 5.76 Å². The molecule has 2 aromatic heterocycles. The minimum Gasteiger partial charge on any atom is -0.462 e. The van der Waals surface area contributed by atoms with Gasteiger partial charge in [0, 0.05) is 5.39 Å². The maximum atomic E-state index is 13.2. The molecule has 150 valence electrons. The van der Waals surface area contributed by atoms with Crippen LogP contribution in [0.3, 0.4) is 0 Å². The second-order valence-electron chi connectivity index (χ2n) is 6.70. The fourth-order valence-corrected chi connectivity index (χ4v) is 3.23. The Balaban J connectivity index is 1.76. The number of fused-ring (bicyclic) bond motifs is 1. The highest BCUT2D eigenvalue weighted by Gasteiger charge is 2.18. The SMILES string of the molecule is CCOC(=O)c1ccccc1NC(=O)c1cc(-c2ccc(C)o2)nc2ccccc12. The summed E-state index contributed by atoms with van der Waals surface area (Å²) in [5.41, 5.74) is 2.35. The van der Waals surface area contributed by atoms with Gasteiger partial charge in [-0.2, -0.15) is 0 Å². The number of para-hydroxylation sites is 2. The van der Waals surface area contributed by atoms with E-state index in [0.29, 0.717) is 39.2 Å². The van der Waals surface area contributed by atoms with Gasteiger partial charge in [0.05, 0.1) is 28.9 Å². The number of aryl methyl sites for hydroxylation is 1. The molecular weight excluding hydrogens is 380 g/mol. The van der Waals surface area contributed by atoms with Crippen LogP contribution >= 0.6 is 0 Å². The summed E-state index contributed by atoms with van der Waals surface area (Å²) in [6.45, 7) is 3.84. The second-order valence-corrected chi connectivity index (χ2v) is 6.70. The molecule has 0 saturated carbocycles. The number of ether oxygens (including phenoxy) is 1. The molecule has 2 heterocycles. The fourth-order valence-electron chi connectivity index (χ4n) is 3.23. The third-order valence-electron chi connectivity index (χ3n) is 4.62. The molecule has 0 aliphatic rings. The van der Waals surface area contributed by atoms with Gasteiger partial charge < -0.3 is 14.5 Å². The molecule has 6 heteroatoms. The van der Waals surface area contributed by atoms with E-state index in [4.69, 9.17) is 9.15 Å². The molecule has 0 bridgehead atoms. The Labute approximate surface area is 173 Å². The average molecular weight is 400 g/mol. The van der Waals surface area contributed by atoms with Crippen LogP contribution in [0.25, 0.3) is 22.4 Å². The van der Waals surface area contributed by atoms with Crippen LogP contribution < -0.4 is 5.32 Å². The topological polar surface area (TPSA) is 81.4 Å². The molecule has 4 aromatic rings. The van der Waals surface area contributed by atoms with Gasteiger partial charge >= 0.3 is 5.97 Å². The maximum Gasteiger partial charge on any atom is 0.340 e.